The molecule has 286 valence electrons. The van der Waals surface area contributed by atoms with E-state index in [9.17, 15) is 4.79 Å². The molecule has 10 heteroatoms. The molecule has 1 fully saturated rings. The summed E-state index contributed by atoms with van der Waals surface area (Å²) in [6.45, 7) is 1.39. The van der Waals surface area contributed by atoms with E-state index in [0.29, 0.717) is 36.0 Å². The number of halogens is 1. The lowest BCUT2D eigenvalue weighted by Crippen LogP contribution is -2.62. The van der Waals surface area contributed by atoms with Gasteiger partial charge in [0.1, 0.15) is 24.4 Å². The van der Waals surface area contributed by atoms with Crippen LogP contribution in [0.1, 0.15) is 27.8 Å². The molecular formula is C45H45IO9. The lowest BCUT2D eigenvalue weighted by molar-refractivity contribution is -0.310. The van der Waals surface area contributed by atoms with Crippen molar-refractivity contribution in [2.24, 2.45) is 0 Å². The first-order valence-corrected chi connectivity index (χ1v) is 19.1. The van der Waals surface area contributed by atoms with Crippen molar-refractivity contribution >= 4 is 32.5 Å². The zero-order valence-electron chi connectivity index (χ0n) is 30.8. The van der Waals surface area contributed by atoms with Gasteiger partial charge < -0.3 is 37.9 Å². The summed E-state index contributed by atoms with van der Waals surface area (Å²) in [5.41, 5.74) is 4.68. The van der Waals surface area contributed by atoms with Gasteiger partial charge in [-0.05, 0) is 46.0 Å². The predicted molar refractivity (Wildman–Crippen MR) is 218 cm³/mol. The first kappa shape index (κ1) is 40.1. The largest absolute Gasteiger partial charge is 0.493 e. The predicted octanol–water partition coefficient (Wildman–Crippen LogP) is 8.76. The molecule has 6 rings (SSSR count). The number of rotatable bonds is 19. The number of methoxy groups -OCH3 is 2. The van der Waals surface area contributed by atoms with Crippen LogP contribution in [-0.4, -0.2) is 55.3 Å². The lowest BCUT2D eigenvalue weighted by Gasteiger charge is -2.45. The smallest absolute Gasteiger partial charge is 0.229 e. The Morgan fingerprint density at radius 2 is 1.05 bits per heavy atom. The van der Waals surface area contributed by atoms with Crippen molar-refractivity contribution in [2.75, 3.05) is 20.8 Å². The summed E-state index contributed by atoms with van der Waals surface area (Å²) in [6.07, 6.45) is -0.657. The maximum absolute atomic E-state index is 11.7. The van der Waals surface area contributed by atoms with Crippen molar-refractivity contribution in [3.63, 3.8) is 0 Å². The standard InChI is InChI=1S/C45H45IO9/c1-48-37-25-36(23-24-40(46)47)26-38(49-2)41(37)55-45-44(53-30-35-21-13-6-14-22-35)43(52-29-34-19-11-5-12-20-34)42(51-28-33-17-9-4-10-18-33)39(54-45)31-50-27-32-15-7-3-8-16-32/h3-26,39,42-45H,27-31H2,1-2H3/t39-,42-,43+,44-,45+/m1/s1. The second kappa shape index (κ2) is 20.9. The Kier molecular flexibility index (Phi) is 15.3. The van der Waals surface area contributed by atoms with Crippen LogP contribution in [0.4, 0.5) is 0 Å². The summed E-state index contributed by atoms with van der Waals surface area (Å²) in [7, 11) is 3.09. The molecule has 0 aliphatic carbocycles. The topological polar surface area (TPSA) is 90.9 Å². The van der Waals surface area contributed by atoms with Gasteiger partial charge in [-0.2, -0.15) is 0 Å². The summed E-state index contributed by atoms with van der Waals surface area (Å²) < 4.78 is 51.9. The number of benzene rings is 5. The summed E-state index contributed by atoms with van der Waals surface area (Å²) in [5, 5.41) is 0. The van der Waals surface area contributed by atoms with Gasteiger partial charge in [-0.3, -0.25) is 4.79 Å². The van der Waals surface area contributed by atoms with Crippen LogP contribution < -0.4 is 14.2 Å². The van der Waals surface area contributed by atoms with Crippen LogP contribution in [-0.2, 0) is 54.9 Å². The molecule has 5 aromatic carbocycles. The monoisotopic (exact) mass is 856 g/mol. The van der Waals surface area contributed by atoms with E-state index in [1.807, 2.05) is 121 Å². The van der Waals surface area contributed by atoms with Gasteiger partial charge in [-0.25, -0.2) is 0 Å². The molecule has 0 radical (unpaired) electrons. The highest BCUT2D eigenvalue weighted by Gasteiger charge is 2.50. The quantitative estimate of drug-likeness (QED) is 0.0460. The molecule has 9 nitrogen and oxygen atoms in total. The summed E-state index contributed by atoms with van der Waals surface area (Å²) in [5.74, 6) is 1.06. The van der Waals surface area contributed by atoms with Gasteiger partial charge in [0.05, 0.1) is 47.3 Å². The Labute approximate surface area is 336 Å². The molecule has 5 aromatic rings. The Hall–Kier alpha value is -4.56. The van der Waals surface area contributed by atoms with E-state index in [0.717, 1.165) is 22.3 Å². The molecule has 1 aliphatic heterocycles. The van der Waals surface area contributed by atoms with Crippen LogP contribution in [0, 0.1) is 0 Å². The molecule has 0 N–H and O–H groups in total. The van der Waals surface area contributed by atoms with Gasteiger partial charge in [0, 0.05) is 22.6 Å². The van der Waals surface area contributed by atoms with Gasteiger partial charge in [0.25, 0.3) is 0 Å². The minimum atomic E-state index is -1.04. The SMILES string of the molecule is COc1cc(C=CC(=O)I)cc(OC)c1O[C@@H]1O[C@H](COCc2ccccc2)[C@@H](OCc2ccccc2)[C@H](OCc2ccccc2)[C@H]1OCc1ccccc1. The number of carbonyl (C=O) groups excluding carboxylic acids is 1. The molecule has 1 heterocycles. The molecule has 0 saturated carbocycles. The highest BCUT2D eigenvalue weighted by Crippen LogP contribution is 2.42. The first-order valence-electron chi connectivity index (χ1n) is 18.0. The molecule has 0 bridgehead atoms. The van der Waals surface area contributed by atoms with E-state index < -0.39 is 30.7 Å². The van der Waals surface area contributed by atoms with Crippen molar-refractivity contribution < 1.29 is 42.7 Å². The van der Waals surface area contributed by atoms with Crippen LogP contribution in [0.3, 0.4) is 0 Å². The fourth-order valence-corrected chi connectivity index (χ4v) is 6.41. The normalized spacial score (nSPS) is 19.6. The van der Waals surface area contributed by atoms with Crippen molar-refractivity contribution in [1.29, 1.82) is 0 Å². The molecule has 55 heavy (non-hydrogen) atoms. The van der Waals surface area contributed by atoms with E-state index >= 15 is 0 Å². The minimum Gasteiger partial charge on any atom is -0.493 e. The van der Waals surface area contributed by atoms with Gasteiger partial charge in [-0.1, -0.05) is 127 Å². The van der Waals surface area contributed by atoms with Gasteiger partial charge >= 0.3 is 0 Å². The zero-order valence-corrected chi connectivity index (χ0v) is 33.0. The molecule has 0 spiro atoms. The second-order valence-electron chi connectivity index (χ2n) is 12.8. The van der Waals surface area contributed by atoms with E-state index in [1.54, 1.807) is 55.0 Å². The average Bonchev–Trinajstić information content (AvgIpc) is 3.23. The Morgan fingerprint density at radius 1 is 0.618 bits per heavy atom. The summed E-state index contributed by atoms with van der Waals surface area (Å²) >= 11 is 1.72. The molecular weight excluding hydrogens is 811 g/mol. The second-order valence-corrected chi connectivity index (χ2v) is 13.9. The average molecular weight is 857 g/mol. The van der Waals surface area contributed by atoms with Crippen molar-refractivity contribution in [2.45, 2.75) is 57.1 Å². The molecule has 0 amide bonds. The van der Waals surface area contributed by atoms with E-state index in [4.69, 9.17) is 37.9 Å². The molecule has 1 aliphatic rings. The van der Waals surface area contributed by atoms with Crippen molar-refractivity contribution in [1.82, 2.24) is 0 Å². The molecule has 0 unspecified atom stereocenters. The maximum atomic E-state index is 11.7. The Bertz CT molecular complexity index is 1900. The lowest BCUT2D eigenvalue weighted by atomic mass is 9.97. The highest BCUT2D eigenvalue weighted by molar-refractivity contribution is 14.1. The van der Waals surface area contributed by atoms with Crippen LogP contribution in [0.2, 0.25) is 0 Å². The molecule has 1 saturated heterocycles. The van der Waals surface area contributed by atoms with Crippen molar-refractivity contribution in [3.05, 3.63) is 167 Å². The van der Waals surface area contributed by atoms with Crippen LogP contribution in [0.25, 0.3) is 6.08 Å². The highest BCUT2D eigenvalue weighted by atomic mass is 127. The fraction of sp³-hybridized carbons (Fsp3) is 0.267. The molecule has 5 atom stereocenters. The van der Waals surface area contributed by atoms with Crippen LogP contribution in [0.5, 0.6) is 17.2 Å². The van der Waals surface area contributed by atoms with Crippen LogP contribution >= 0.6 is 22.6 Å². The maximum Gasteiger partial charge on any atom is 0.229 e. The third kappa shape index (κ3) is 11.7. The number of hydrogen-bond donors (Lipinski definition) is 0. The third-order valence-electron chi connectivity index (χ3n) is 8.96. The fourth-order valence-electron chi connectivity index (χ4n) is 6.23. The number of carbonyl (C=O) groups is 1. The Morgan fingerprint density at radius 3 is 1.51 bits per heavy atom. The number of allylic oxidation sites excluding steroid dienone is 1. The number of hydrogen-bond acceptors (Lipinski definition) is 9. The van der Waals surface area contributed by atoms with Gasteiger partial charge in [0.15, 0.2) is 11.5 Å². The minimum absolute atomic E-state index is 0.115. The van der Waals surface area contributed by atoms with Crippen LogP contribution in [0.15, 0.2) is 140 Å². The number of ether oxygens (including phenoxy) is 8. The first-order chi connectivity index (χ1) is 27.0. The van der Waals surface area contributed by atoms with Gasteiger partial charge in [-0.15, -0.1) is 0 Å². The van der Waals surface area contributed by atoms with E-state index in [2.05, 4.69) is 0 Å². The summed E-state index contributed by atoms with van der Waals surface area (Å²) in [4.78, 5) is 11.7. The molecule has 0 aromatic heterocycles. The van der Waals surface area contributed by atoms with Crippen molar-refractivity contribution in [3.8, 4) is 17.2 Å². The van der Waals surface area contributed by atoms with Gasteiger partial charge in [0.2, 0.25) is 15.8 Å². The van der Waals surface area contributed by atoms with E-state index in [1.165, 1.54) is 6.08 Å². The third-order valence-corrected chi connectivity index (χ3v) is 9.32. The summed E-state index contributed by atoms with van der Waals surface area (Å²) in [6, 6.07) is 43.4. The van der Waals surface area contributed by atoms with E-state index in [-0.39, 0.29) is 23.6 Å². The zero-order chi connectivity index (χ0) is 38.2. The Balaban J connectivity index is 1.39.